The number of carbonyl (C=O) groups is 1. The van der Waals surface area contributed by atoms with Crippen LogP contribution >= 0.6 is 0 Å². The molecule has 0 unspecified atom stereocenters. The minimum atomic E-state index is -4.29. The Labute approximate surface area is 248 Å². The molecule has 7 rings (SSSR count). The first-order valence-electron chi connectivity index (χ1n) is 14.2. The number of halogens is 5. The van der Waals surface area contributed by atoms with Gasteiger partial charge >= 0.3 is 6.18 Å². The Balaban J connectivity index is 1.06. The Morgan fingerprint density at radius 3 is 2.64 bits per heavy atom. The van der Waals surface area contributed by atoms with Crippen molar-refractivity contribution >= 4 is 22.8 Å². The fourth-order valence-electron chi connectivity index (χ4n) is 6.69. The van der Waals surface area contributed by atoms with Crippen LogP contribution in [0.2, 0.25) is 0 Å². The van der Waals surface area contributed by atoms with Crippen LogP contribution in [0.15, 0.2) is 42.7 Å². The molecule has 2 N–H and O–H groups in total. The summed E-state index contributed by atoms with van der Waals surface area (Å²) in [5.74, 6) is 0.410. The number of benzene rings is 1. The number of nitrogens with zero attached hydrogens (tertiary/aromatic N) is 7. The third kappa shape index (κ3) is 5.07. The number of aryl methyl sites for hydroxylation is 1. The molecule has 0 radical (unpaired) electrons. The van der Waals surface area contributed by atoms with Gasteiger partial charge in [-0.3, -0.25) is 9.69 Å². The van der Waals surface area contributed by atoms with Gasteiger partial charge in [0.1, 0.15) is 11.4 Å². The molecule has 10 nitrogen and oxygen atoms in total. The van der Waals surface area contributed by atoms with Crippen LogP contribution < -0.4 is 10.2 Å². The summed E-state index contributed by atoms with van der Waals surface area (Å²) in [6.45, 7) is 2.47. The van der Waals surface area contributed by atoms with E-state index in [2.05, 4.69) is 20.5 Å². The number of amides is 1. The molecule has 232 valence electrons. The minimum Gasteiger partial charge on any atom is -0.384 e. The van der Waals surface area contributed by atoms with Gasteiger partial charge in [-0.05, 0) is 43.5 Å². The lowest BCUT2D eigenvalue weighted by Gasteiger charge is -2.62. The zero-order chi connectivity index (χ0) is 31.0. The molecule has 1 saturated carbocycles. The number of nitrogens with one attached hydrogen (secondary N) is 1. The highest BCUT2D eigenvalue weighted by molar-refractivity contribution is 6.09. The van der Waals surface area contributed by atoms with Gasteiger partial charge in [0, 0.05) is 48.2 Å². The van der Waals surface area contributed by atoms with Crippen LogP contribution in [-0.2, 0) is 13.1 Å². The van der Waals surface area contributed by atoms with Gasteiger partial charge in [-0.25, -0.2) is 23.0 Å². The normalized spacial score (nSPS) is 19.2. The second kappa shape index (κ2) is 9.95. The predicted molar refractivity (Wildman–Crippen MR) is 150 cm³/mol. The van der Waals surface area contributed by atoms with Crippen LogP contribution in [0.25, 0.3) is 16.9 Å². The van der Waals surface area contributed by atoms with Crippen molar-refractivity contribution < 1.29 is 31.9 Å². The maximum Gasteiger partial charge on any atom is 0.401 e. The van der Waals surface area contributed by atoms with Crippen molar-refractivity contribution in [2.24, 2.45) is 5.41 Å². The van der Waals surface area contributed by atoms with Gasteiger partial charge in [-0.15, -0.1) is 0 Å². The number of fused-ring (bicyclic) bond motifs is 2. The molecule has 0 atom stereocenters. The number of hydrogen-bond donors (Lipinski definition) is 2. The zero-order valence-corrected chi connectivity index (χ0v) is 23.7. The molecule has 5 heterocycles. The summed E-state index contributed by atoms with van der Waals surface area (Å²) in [4.78, 5) is 21.3. The smallest absolute Gasteiger partial charge is 0.384 e. The SMILES string of the molecule is Cc1ccc(-c2nc3n(n2)CCN(CC(F)(F)F)C3)cc1NC(=O)c1cnn2ccc(N3CC4(C3)CC(O)(C(F)F)C4)cc12. The molecule has 44 heavy (non-hydrogen) atoms. The Morgan fingerprint density at radius 2 is 1.91 bits per heavy atom. The lowest BCUT2D eigenvalue weighted by molar-refractivity contribution is -0.209. The number of aromatic nitrogens is 5. The van der Waals surface area contributed by atoms with Crippen LogP contribution in [0, 0.1) is 12.3 Å². The summed E-state index contributed by atoms with van der Waals surface area (Å²) >= 11 is 0. The van der Waals surface area contributed by atoms with E-state index >= 15 is 0 Å². The van der Waals surface area contributed by atoms with E-state index in [9.17, 15) is 31.9 Å². The van der Waals surface area contributed by atoms with Crippen molar-refractivity contribution in [3.63, 3.8) is 0 Å². The average molecular weight is 617 g/mol. The van der Waals surface area contributed by atoms with Crippen molar-refractivity contribution in [2.75, 3.05) is 36.4 Å². The van der Waals surface area contributed by atoms with Crippen molar-refractivity contribution in [3.8, 4) is 11.4 Å². The van der Waals surface area contributed by atoms with Crippen LogP contribution in [0.1, 0.15) is 34.6 Å². The molecular weight excluding hydrogens is 587 g/mol. The summed E-state index contributed by atoms with van der Waals surface area (Å²) in [6.07, 6.45) is -3.70. The van der Waals surface area contributed by atoms with Gasteiger partial charge < -0.3 is 15.3 Å². The van der Waals surface area contributed by atoms with Crippen molar-refractivity contribution in [2.45, 2.75) is 51.1 Å². The Bertz CT molecular complexity index is 1750. The van der Waals surface area contributed by atoms with E-state index in [1.165, 1.54) is 11.1 Å². The Hall–Kier alpha value is -4.11. The average Bonchev–Trinajstić information content (AvgIpc) is 3.54. The molecule has 15 heteroatoms. The van der Waals surface area contributed by atoms with E-state index in [0.29, 0.717) is 53.6 Å². The topological polar surface area (TPSA) is 104 Å². The highest BCUT2D eigenvalue weighted by atomic mass is 19.4. The van der Waals surface area contributed by atoms with Gasteiger partial charge in [0.15, 0.2) is 5.82 Å². The predicted octanol–water partition coefficient (Wildman–Crippen LogP) is 4.13. The molecule has 1 aliphatic carbocycles. The number of anilines is 2. The summed E-state index contributed by atoms with van der Waals surface area (Å²) in [7, 11) is 0. The van der Waals surface area contributed by atoms with E-state index in [-0.39, 0.29) is 31.3 Å². The Morgan fingerprint density at radius 1 is 1.14 bits per heavy atom. The molecule has 2 fully saturated rings. The molecule has 1 amide bonds. The number of rotatable bonds is 6. The quantitative estimate of drug-likeness (QED) is 0.314. The fraction of sp³-hybridized carbons (Fsp3) is 0.448. The van der Waals surface area contributed by atoms with Crippen molar-refractivity contribution in [1.29, 1.82) is 0 Å². The number of pyridine rings is 1. The van der Waals surface area contributed by atoms with Gasteiger partial charge in [-0.2, -0.15) is 23.4 Å². The first-order valence-corrected chi connectivity index (χ1v) is 14.2. The maximum absolute atomic E-state index is 13.4. The number of aliphatic hydroxyl groups is 1. The molecule has 1 spiro atoms. The first-order chi connectivity index (χ1) is 20.8. The standard InChI is InChI=1S/C29H29F5N8O2/c1-17-2-3-18(24-37-23-11-39(16-29(32,33)34)6-7-42(23)38-24)8-21(17)36-25(43)20-10-35-41-5-4-19(9-22(20)41)40-14-27(15-40)12-28(44,13-27)26(30)31/h2-5,8-10,26,44H,6-7,11-16H2,1H3,(H,36,43). The lowest BCUT2D eigenvalue weighted by atomic mass is 9.55. The number of hydrogen-bond acceptors (Lipinski definition) is 7. The summed E-state index contributed by atoms with van der Waals surface area (Å²) in [5.41, 5.74) is 1.44. The van der Waals surface area contributed by atoms with Crippen LogP contribution in [0.3, 0.4) is 0 Å². The maximum atomic E-state index is 13.4. The first kappa shape index (κ1) is 28.6. The van der Waals surface area contributed by atoms with Crippen LogP contribution in [0.4, 0.5) is 33.3 Å². The van der Waals surface area contributed by atoms with Crippen LogP contribution in [0.5, 0.6) is 0 Å². The van der Waals surface area contributed by atoms with E-state index in [1.54, 1.807) is 27.5 Å². The molecule has 1 aromatic carbocycles. The Kier molecular flexibility index (Phi) is 6.48. The van der Waals surface area contributed by atoms with E-state index in [0.717, 1.165) is 11.3 Å². The summed E-state index contributed by atoms with van der Waals surface area (Å²) < 4.78 is 68.0. The highest BCUT2D eigenvalue weighted by Gasteiger charge is 2.63. The van der Waals surface area contributed by atoms with Crippen molar-refractivity contribution in [1.82, 2.24) is 29.3 Å². The highest BCUT2D eigenvalue weighted by Crippen LogP contribution is 2.56. The fourth-order valence-corrected chi connectivity index (χ4v) is 6.69. The zero-order valence-electron chi connectivity index (χ0n) is 23.7. The number of carbonyl (C=O) groups excluding carboxylic acids is 1. The van der Waals surface area contributed by atoms with Crippen molar-refractivity contribution in [3.05, 3.63) is 59.7 Å². The summed E-state index contributed by atoms with van der Waals surface area (Å²) in [5, 5.41) is 21.7. The van der Waals surface area contributed by atoms with E-state index < -0.39 is 30.7 Å². The number of alkyl halides is 5. The molecule has 2 aliphatic heterocycles. The van der Waals surface area contributed by atoms with Gasteiger partial charge in [0.2, 0.25) is 0 Å². The van der Waals surface area contributed by atoms with E-state index in [1.807, 2.05) is 30.0 Å². The van der Waals surface area contributed by atoms with Crippen LogP contribution in [-0.4, -0.2) is 84.7 Å². The molecule has 3 aliphatic rings. The molecular formula is C29H29F5N8O2. The van der Waals surface area contributed by atoms with Gasteiger partial charge in [0.25, 0.3) is 12.3 Å². The molecule has 0 bridgehead atoms. The minimum absolute atomic E-state index is 0.0367. The molecule has 3 aromatic heterocycles. The monoisotopic (exact) mass is 616 g/mol. The second-order valence-electron chi connectivity index (χ2n) is 12.3. The molecule has 1 saturated heterocycles. The third-order valence-corrected chi connectivity index (χ3v) is 8.82. The molecule has 4 aromatic rings. The third-order valence-electron chi connectivity index (χ3n) is 8.82. The second-order valence-corrected chi connectivity index (χ2v) is 12.3. The summed E-state index contributed by atoms with van der Waals surface area (Å²) in [6, 6.07) is 9.02. The largest absolute Gasteiger partial charge is 0.401 e. The van der Waals surface area contributed by atoms with E-state index in [4.69, 9.17) is 0 Å². The van der Waals surface area contributed by atoms with Gasteiger partial charge in [0.05, 0.1) is 36.9 Å². The van der Waals surface area contributed by atoms with Gasteiger partial charge in [-0.1, -0.05) is 12.1 Å². The lowest BCUT2D eigenvalue weighted by Crippen LogP contribution is -2.70.